The molecule has 110 valence electrons. The lowest BCUT2D eigenvalue weighted by atomic mass is 10.1. The number of halogens is 2. The van der Waals surface area contributed by atoms with E-state index in [1.54, 1.807) is 0 Å². The summed E-state index contributed by atoms with van der Waals surface area (Å²) in [5, 5.41) is 9.81. The number of carbonyl (C=O) groups is 1. The van der Waals surface area contributed by atoms with Crippen LogP contribution < -0.4 is 0 Å². The van der Waals surface area contributed by atoms with Crippen molar-refractivity contribution in [2.45, 2.75) is 19.0 Å². The zero-order chi connectivity index (χ0) is 14.9. The van der Waals surface area contributed by atoms with E-state index in [9.17, 15) is 4.79 Å². The second kappa shape index (κ2) is 6.31. The Labute approximate surface area is 128 Å². The zero-order valence-corrected chi connectivity index (χ0v) is 13.1. The van der Waals surface area contributed by atoms with Crippen LogP contribution in [0.5, 0.6) is 0 Å². The molecule has 6 heteroatoms. The third-order valence-electron chi connectivity index (χ3n) is 3.75. The summed E-state index contributed by atoms with van der Waals surface area (Å²) in [6, 6.07) is 3.47. The number of nitrogens with zero attached hydrogens (tertiary/aromatic N) is 2. The molecule has 0 aromatic heterocycles. The Hall–Kier alpha value is -0.810. The predicted octanol–water partition coefficient (Wildman–Crippen LogP) is 2.83. The Bertz CT molecular complexity index is 497. The van der Waals surface area contributed by atoms with Gasteiger partial charge in [-0.3, -0.25) is 4.90 Å². The first-order valence-corrected chi connectivity index (χ1v) is 7.24. The number of carboxylic acids is 1. The van der Waals surface area contributed by atoms with Crippen molar-refractivity contribution in [3.8, 4) is 0 Å². The summed E-state index contributed by atoms with van der Waals surface area (Å²) in [6.45, 7) is 2.62. The molecule has 1 fully saturated rings. The summed E-state index contributed by atoms with van der Waals surface area (Å²) in [5.41, 5.74) is 0.925. The van der Waals surface area contributed by atoms with Gasteiger partial charge in [0, 0.05) is 41.3 Å². The van der Waals surface area contributed by atoms with Gasteiger partial charge >= 0.3 is 5.97 Å². The Kier molecular flexibility index (Phi) is 4.91. The van der Waals surface area contributed by atoms with Crippen molar-refractivity contribution in [1.29, 1.82) is 0 Å². The minimum absolute atomic E-state index is 0.122. The van der Waals surface area contributed by atoms with Gasteiger partial charge in [0.1, 0.15) is 0 Å². The van der Waals surface area contributed by atoms with Crippen molar-refractivity contribution >= 4 is 29.2 Å². The number of aromatic carboxylic acids is 1. The molecule has 1 aliphatic heterocycles. The molecule has 20 heavy (non-hydrogen) atoms. The molecule has 1 heterocycles. The largest absolute Gasteiger partial charge is 0.478 e. The highest BCUT2D eigenvalue weighted by Gasteiger charge is 2.25. The van der Waals surface area contributed by atoms with Crippen LogP contribution in [0.2, 0.25) is 10.0 Å². The van der Waals surface area contributed by atoms with Crippen LogP contribution in [0.15, 0.2) is 12.1 Å². The van der Waals surface area contributed by atoms with Gasteiger partial charge in [-0.1, -0.05) is 23.2 Å². The molecular weight excluding hydrogens is 299 g/mol. The summed E-state index contributed by atoms with van der Waals surface area (Å²) in [6.07, 6.45) is 1.12. The third kappa shape index (κ3) is 3.44. The van der Waals surface area contributed by atoms with E-state index >= 15 is 0 Å². The first kappa shape index (κ1) is 15.6. The van der Waals surface area contributed by atoms with Gasteiger partial charge in [0.2, 0.25) is 0 Å². The Morgan fingerprint density at radius 1 is 1.40 bits per heavy atom. The molecule has 1 atom stereocenters. The maximum Gasteiger partial charge on any atom is 0.335 e. The number of likely N-dealkylation sites (N-methyl/N-ethyl adjacent to an activating group) is 1. The molecule has 4 nitrogen and oxygen atoms in total. The Morgan fingerprint density at radius 2 is 2.00 bits per heavy atom. The second-order valence-electron chi connectivity index (χ2n) is 5.36. The summed E-state index contributed by atoms with van der Waals surface area (Å²) in [5.74, 6) is -1.02. The highest BCUT2D eigenvalue weighted by atomic mass is 35.5. The smallest absolute Gasteiger partial charge is 0.335 e. The van der Waals surface area contributed by atoms with E-state index in [0.717, 1.165) is 25.1 Å². The van der Waals surface area contributed by atoms with Gasteiger partial charge in [0.05, 0.1) is 5.56 Å². The second-order valence-corrected chi connectivity index (χ2v) is 6.18. The van der Waals surface area contributed by atoms with Crippen molar-refractivity contribution in [3.05, 3.63) is 33.3 Å². The van der Waals surface area contributed by atoms with E-state index < -0.39 is 5.97 Å². The van der Waals surface area contributed by atoms with Crippen molar-refractivity contribution < 1.29 is 9.90 Å². The van der Waals surface area contributed by atoms with Gasteiger partial charge in [0.15, 0.2) is 0 Å². The van der Waals surface area contributed by atoms with Gasteiger partial charge in [-0.15, -0.1) is 0 Å². The fourth-order valence-electron chi connectivity index (χ4n) is 2.48. The molecule has 1 aromatic carbocycles. The van der Waals surface area contributed by atoms with E-state index in [2.05, 4.69) is 23.9 Å². The molecule has 0 aliphatic carbocycles. The number of likely N-dealkylation sites (tertiary alicyclic amines) is 1. The minimum atomic E-state index is -1.02. The van der Waals surface area contributed by atoms with Crippen molar-refractivity contribution in [2.24, 2.45) is 0 Å². The average Bonchev–Trinajstić information content (AvgIpc) is 2.82. The van der Waals surface area contributed by atoms with E-state index in [0.29, 0.717) is 22.6 Å². The summed E-state index contributed by atoms with van der Waals surface area (Å²) in [7, 11) is 4.16. The minimum Gasteiger partial charge on any atom is -0.478 e. The SMILES string of the molecule is CN(C)[C@H]1CCN(Cc2c(Cl)cc(C(=O)O)cc2Cl)C1. The number of hydrogen-bond acceptors (Lipinski definition) is 3. The van der Waals surface area contributed by atoms with Crippen LogP contribution in [0.25, 0.3) is 0 Å². The summed E-state index contributed by atoms with van der Waals surface area (Å²) >= 11 is 12.3. The Morgan fingerprint density at radius 3 is 2.45 bits per heavy atom. The third-order valence-corrected chi connectivity index (χ3v) is 4.42. The highest BCUT2D eigenvalue weighted by Crippen LogP contribution is 2.29. The topological polar surface area (TPSA) is 43.8 Å². The summed E-state index contributed by atoms with van der Waals surface area (Å²) in [4.78, 5) is 15.5. The van der Waals surface area contributed by atoms with Crippen molar-refractivity contribution in [2.75, 3.05) is 27.2 Å². The standard InChI is InChI=1S/C14H18Cl2N2O2/c1-17(2)10-3-4-18(7-10)8-11-12(15)5-9(14(19)20)6-13(11)16/h5-6,10H,3-4,7-8H2,1-2H3,(H,19,20)/t10-/m0/s1. The van der Waals surface area contributed by atoms with Crippen LogP contribution in [0.1, 0.15) is 22.3 Å². The van der Waals surface area contributed by atoms with E-state index in [4.69, 9.17) is 28.3 Å². The van der Waals surface area contributed by atoms with Crippen LogP contribution in [0, 0.1) is 0 Å². The van der Waals surface area contributed by atoms with E-state index in [-0.39, 0.29) is 5.56 Å². The van der Waals surface area contributed by atoms with Crippen LogP contribution in [-0.2, 0) is 6.54 Å². The lowest BCUT2D eigenvalue weighted by Crippen LogP contribution is -2.31. The first-order valence-electron chi connectivity index (χ1n) is 6.48. The molecule has 0 unspecified atom stereocenters. The highest BCUT2D eigenvalue weighted by molar-refractivity contribution is 6.36. The van der Waals surface area contributed by atoms with Crippen LogP contribution in [0.3, 0.4) is 0 Å². The van der Waals surface area contributed by atoms with Gasteiger partial charge < -0.3 is 10.0 Å². The molecule has 1 N–H and O–H groups in total. The quantitative estimate of drug-likeness (QED) is 0.927. The van der Waals surface area contributed by atoms with Gasteiger partial charge in [-0.05, 0) is 32.6 Å². The molecule has 0 saturated carbocycles. The number of carboxylic acid groups (broad SMARTS) is 1. The number of benzene rings is 1. The Balaban J connectivity index is 2.13. The van der Waals surface area contributed by atoms with Crippen LogP contribution in [0.4, 0.5) is 0 Å². The van der Waals surface area contributed by atoms with Gasteiger partial charge in [-0.2, -0.15) is 0 Å². The van der Waals surface area contributed by atoms with E-state index in [1.807, 2.05) is 0 Å². The molecule has 0 spiro atoms. The normalized spacial score (nSPS) is 19.8. The van der Waals surface area contributed by atoms with Crippen molar-refractivity contribution in [3.63, 3.8) is 0 Å². The zero-order valence-electron chi connectivity index (χ0n) is 11.6. The maximum atomic E-state index is 10.9. The maximum absolute atomic E-state index is 10.9. The number of rotatable bonds is 4. The van der Waals surface area contributed by atoms with Gasteiger partial charge in [0.25, 0.3) is 0 Å². The number of hydrogen-bond donors (Lipinski definition) is 1. The van der Waals surface area contributed by atoms with Crippen LogP contribution >= 0.6 is 23.2 Å². The molecular formula is C14H18Cl2N2O2. The molecule has 0 bridgehead atoms. The fourth-order valence-corrected chi connectivity index (χ4v) is 3.09. The fraction of sp³-hybridized carbons (Fsp3) is 0.500. The molecule has 1 aromatic rings. The average molecular weight is 317 g/mol. The summed E-state index contributed by atoms with van der Waals surface area (Å²) < 4.78 is 0. The van der Waals surface area contributed by atoms with Gasteiger partial charge in [-0.25, -0.2) is 4.79 Å². The lowest BCUT2D eigenvalue weighted by molar-refractivity contribution is 0.0697. The molecule has 1 aliphatic rings. The molecule has 2 rings (SSSR count). The first-order chi connectivity index (χ1) is 9.38. The monoisotopic (exact) mass is 316 g/mol. The predicted molar refractivity (Wildman–Crippen MR) is 80.8 cm³/mol. The molecule has 0 amide bonds. The molecule has 1 saturated heterocycles. The van der Waals surface area contributed by atoms with E-state index in [1.165, 1.54) is 12.1 Å². The van der Waals surface area contributed by atoms with Crippen LogP contribution in [-0.4, -0.2) is 54.1 Å². The van der Waals surface area contributed by atoms with Crippen molar-refractivity contribution in [1.82, 2.24) is 9.80 Å². The lowest BCUT2D eigenvalue weighted by Gasteiger charge is -2.21. The molecule has 0 radical (unpaired) electrons.